The van der Waals surface area contributed by atoms with E-state index < -0.39 is 0 Å². The van der Waals surface area contributed by atoms with Crippen molar-refractivity contribution in [1.29, 1.82) is 0 Å². The van der Waals surface area contributed by atoms with E-state index in [1.807, 2.05) is 25.1 Å². The van der Waals surface area contributed by atoms with Gasteiger partial charge in [-0.3, -0.25) is 0 Å². The molecule has 0 spiro atoms. The van der Waals surface area contributed by atoms with Crippen LogP contribution in [0, 0.1) is 5.82 Å². The molecule has 0 aliphatic carbocycles. The predicted molar refractivity (Wildman–Crippen MR) is 58.4 cm³/mol. The molecule has 15 heavy (non-hydrogen) atoms. The lowest BCUT2D eigenvalue weighted by Gasteiger charge is -2.05. The largest absolute Gasteiger partial charge is 0.303 e. The fraction of sp³-hybridized carbons (Fsp3) is 0.154. The third kappa shape index (κ3) is 1.89. The minimum atomic E-state index is -0.251. The van der Waals surface area contributed by atoms with Crippen molar-refractivity contribution in [3.8, 4) is 0 Å². The van der Waals surface area contributed by atoms with Crippen LogP contribution in [0.15, 0.2) is 36.4 Å². The lowest BCUT2D eigenvalue weighted by molar-refractivity contribution is -0.108. The molecule has 2 aromatic carbocycles. The molecular weight excluding hydrogens is 191 g/mol. The Bertz CT molecular complexity index is 505. The van der Waals surface area contributed by atoms with Gasteiger partial charge in [-0.1, -0.05) is 31.2 Å². The van der Waals surface area contributed by atoms with Gasteiger partial charge in [0.2, 0.25) is 0 Å². The second-order valence-electron chi connectivity index (χ2n) is 3.68. The van der Waals surface area contributed by atoms with Gasteiger partial charge in [0.25, 0.3) is 0 Å². The maximum absolute atomic E-state index is 13.0. The van der Waals surface area contributed by atoms with Crippen molar-refractivity contribution in [2.24, 2.45) is 0 Å². The van der Waals surface area contributed by atoms with Gasteiger partial charge < -0.3 is 4.79 Å². The van der Waals surface area contributed by atoms with Gasteiger partial charge in [0.15, 0.2) is 0 Å². The summed E-state index contributed by atoms with van der Waals surface area (Å²) in [6.45, 7) is 1.83. The Kier molecular flexibility index (Phi) is 2.50. The molecule has 1 atom stereocenters. The zero-order valence-corrected chi connectivity index (χ0v) is 8.41. The van der Waals surface area contributed by atoms with Crippen molar-refractivity contribution < 1.29 is 9.18 Å². The maximum atomic E-state index is 13.0. The van der Waals surface area contributed by atoms with E-state index in [1.165, 1.54) is 12.1 Å². The molecule has 0 N–H and O–H groups in total. The van der Waals surface area contributed by atoms with E-state index in [0.717, 1.165) is 22.6 Å². The van der Waals surface area contributed by atoms with Crippen LogP contribution in [0.1, 0.15) is 18.4 Å². The Morgan fingerprint density at radius 1 is 1.13 bits per heavy atom. The van der Waals surface area contributed by atoms with E-state index in [1.54, 1.807) is 6.07 Å². The Balaban J connectivity index is 2.58. The van der Waals surface area contributed by atoms with Gasteiger partial charge in [-0.15, -0.1) is 0 Å². The summed E-state index contributed by atoms with van der Waals surface area (Å²) in [6, 6.07) is 10.3. The van der Waals surface area contributed by atoms with Crippen LogP contribution < -0.4 is 0 Å². The van der Waals surface area contributed by atoms with Crippen LogP contribution in [-0.2, 0) is 4.79 Å². The van der Waals surface area contributed by atoms with Crippen molar-refractivity contribution in [3.63, 3.8) is 0 Å². The van der Waals surface area contributed by atoms with E-state index in [0.29, 0.717) is 0 Å². The van der Waals surface area contributed by atoms with E-state index >= 15 is 0 Å². The number of fused-ring (bicyclic) bond motifs is 1. The van der Waals surface area contributed by atoms with Gasteiger partial charge in [-0.2, -0.15) is 0 Å². The standard InChI is InChI=1S/C13H11FO/c1-9(8-15)11-3-2-10-4-5-13(14)7-12(10)6-11/h2-9H,1H3. The van der Waals surface area contributed by atoms with Crippen molar-refractivity contribution in [2.45, 2.75) is 12.8 Å². The third-order valence-corrected chi connectivity index (χ3v) is 2.56. The van der Waals surface area contributed by atoms with Crippen molar-refractivity contribution in [2.75, 3.05) is 0 Å². The number of hydrogen-bond donors (Lipinski definition) is 0. The zero-order valence-electron chi connectivity index (χ0n) is 8.41. The molecule has 0 amide bonds. The first-order chi connectivity index (χ1) is 7.20. The number of rotatable bonds is 2. The molecule has 2 heteroatoms. The Labute approximate surface area is 87.5 Å². The molecule has 2 rings (SSSR count). The molecule has 0 radical (unpaired) electrons. The van der Waals surface area contributed by atoms with Gasteiger partial charge >= 0.3 is 0 Å². The fourth-order valence-electron chi connectivity index (χ4n) is 1.60. The number of benzene rings is 2. The molecule has 0 saturated carbocycles. The minimum Gasteiger partial charge on any atom is -0.303 e. The molecule has 2 aromatic rings. The first kappa shape index (κ1) is 9.84. The molecule has 0 fully saturated rings. The molecule has 0 aliphatic heterocycles. The van der Waals surface area contributed by atoms with Gasteiger partial charge in [-0.05, 0) is 28.5 Å². The number of halogens is 1. The van der Waals surface area contributed by atoms with Crippen LogP contribution in [0.3, 0.4) is 0 Å². The van der Waals surface area contributed by atoms with Crippen LogP contribution in [0.25, 0.3) is 10.8 Å². The third-order valence-electron chi connectivity index (χ3n) is 2.56. The molecule has 1 nitrogen and oxygen atoms in total. The smallest absolute Gasteiger partial charge is 0.127 e. The minimum absolute atomic E-state index is 0.141. The number of hydrogen-bond acceptors (Lipinski definition) is 1. The fourth-order valence-corrected chi connectivity index (χ4v) is 1.60. The van der Waals surface area contributed by atoms with Gasteiger partial charge in [0.05, 0.1) is 0 Å². The second kappa shape index (κ2) is 3.81. The highest BCUT2D eigenvalue weighted by molar-refractivity contribution is 5.84. The summed E-state index contributed by atoms with van der Waals surface area (Å²) in [4.78, 5) is 10.6. The summed E-state index contributed by atoms with van der Waals surface area (Å²) in [5.74, 6) is -0.393. The summed E-state index contributed by atoms with van der Waals surface area (Å²) in [5, 5.41) is 1.82. The maximum Gasteiger partial charge on any atom is 0.127 e. The highest BCUT2D eigenvalue weighted by Crippen LogP contribution is 2.21. The van der Waals surface area contributed by atoms with Crippen molar-refractivity contribution in [3.05, 3.63) is 47.8 Å². The predicted octanol–water partition coefficient (Wildman–Crippen LogP) is 3.28. The summed E-state index contributed by atoms with van der Waals surface area (Å²) >= 11 is 0. The summed E-state index contributed by atoms with van der Waals surface area (Å²) in [6.07, 6.45) is 0.889. The lowest BCUT2D eigenvalue weighted by Crippen LogP contribution is -1.93. The quantitative estimate of drug-likeness (QED) is 0.683. The number of carbonyl (C=O) groups is 1. The lowest BCUT2D eigenvalue weighted by atomic mass is 9.99. The van der Waals surface area contributed by atoms with Gasteiger partial charge in [-0.25, -0.2) is 4.39 Å². The zero-order chi connectivity index (χ0) is 10.8. The van der Waals surface area contributed by atoms with E-state index in [4.69, 9.17) is 0 Å². The molecule has 0 aromatic heterocycles. The summed E-state index contributed by atoms with van der Waals surface area (Å²) < 4.78 is 13.0. The van der Waals surface area contributed by atoms with E-state index in [2.05, 4.69) is 0 Å². The highest BCUT2D eigenvalue weighted by Gasteiger charge is 2.04. The SMILES string of the molecule is CC(C=O)c1ccc2ccc(F)cc2c1. The first-order valence-electron chi connectivity index (χ1n) is 4.85. The van der Waals surface area contributed by atoms with Crippen molar-refractivity contribution in [1.82, 2.24) is 0 Å². The van der Waals surface area contributed by atoms with E-state index in [9.17, 15) is 9.18 Å². The molecule has 0 aliphatic rings. The molecular formula is C13H11FO. The average molecular weight is 202 g/mol. The second-order valence-corrected chi connectivity index (χ2v) is 3.68. The topological polar surface area (TPSA) is 17.1 Å². The van der Waals surface area contributed by atoms with Crippen LogP contribution in [0.4, 0.5) is 4.39 Å². The van der Waals surface area contributed by atoms with Crippen molar-refractivity contribution >= 4 is 17.1 Å². The Hall–Kier alpha value is -1.70. The monoisotopic (exact) mass is 202 g/mol. The number of carbonyl (C=O) groups excluding carboxylic acids is 1. The van der Waals surface area contributed by atoms with E-state index in [-0.39, 0.29) is 11.7 Å². The normalized spacial score (nSPS) is 12.7. The molecule has 1 unspecified atom stereocenters. The van der Waals surface area contributed by atoms with Crippen LogP contribution >= 0.6 is 0 Å². The summed E-state index contributed by atoms with van der Waals surface area (Å²) in [7, 11) is 0. The average Bonchev–Trinajstić information content (AvgIpc) is 2.27. The molecule has 76 valence electrons. The molecule has 0 bridgehead atoms. The van der Waals surface area contributed by atoms with Gasteiger partial charge in [0.1, 0.15) is 12.1 Å². The Morgan fingerprint density at radius 2 is 1.87 bits per heavy atom. The highest BCUT2D eigenvalue weighted by atomic mass is 19.1. The molecule has 0 heterocycles. The van der Waals surface area contributed by atoms with Crippen LogP contribution in [-0.4, -0.2) is 6.29 Å². The molecule has 0 saturated heterocycles. The summed E-state index contributed by atoms with van der Waals surface area (Å²) in [5.41, 5.74) is 0.920. The first-order valence-corrected chi connectivity index (χ1v) is 4.85. The van der Waals surface area contributed by atoms with Crippen LogP contribution in [0.5, 0.6) is 0 Å². The van der Waals surface area contributed by atoms with Crippen LogP contribution in [0.2, 0.25) is 0 Å². The van der Waals surface area contributed by atoms with Gasteiger partial charge in [0, 0.05) is 5.92 Å². The number of aldehydes is 1. The Morgan fingerprint density at radius 3 is 2.60 bits per heavy atom.